The van der Waals surface area contributed by atoms with E-state index in [1.807, 2.05) is 23.9 Å². The van der Waals surface area contributed by atoms with Crippen LogP contribution in [-0.4, -0.2) is 27.9 Å². The minimum absolute atomic E-state index is 0.582. The summed E-state index contributed by atoms with van der Waals surface area (Å²) in [5.41, 5.74) is 7.99. The second-order valence-electron chi connectivity index (χ2n) is 3.78. The standard InChI is InChI=1S/C12H16N4S2/c1-17-8-2-5-15-12-10(11(13)16-18-12)9-3-6-14-7-4-9/h3-4,6-7,15H,2,5,8H2,1H3,(H2,13,16). The maximum Gasteiger partial charge on any atom is 0.147 e. The second-order valence-corrected chi connectivity index (χ2v) is 5.54. The Bertz CT molecular complexity index is 484. The zero-order valence-corrected chi connectivity index (χ0v) is 11.9. The summed E-state index contributed by atoms with van der Waals surface area (Å²) >= 11 is 3.27. The third-order valence-corrected chi connectivity index (χ3v) is 4.01. The Morgan fingerprint density at radius 1 is 1.39 bits per heavy atom. The number of anilines is 2. The Hall–Kier alpha value is -1.27. The van der Waals surface area contributed by atoms with Gasteiger partial charge in [-0.25, -0.2) is 0 Å². The van der Waals surface area contributed by atoms with Crippen LogP contribution in [0.4, 0.5) is 10.8 Å². The number of pyridine rings is 1. The third-order valence-electron chi connectivity index (χ3n) is 2.50. The van der Waals surface area contributed by atoms with Gasteiger partial charge >= 0.3 is 0 Å². The van der Waals surface area contributed by atoms with Crippen molar-refractivity contribution in [3.8, 4) is 11.1 Å². The minimum atomic E-state index is 0.582. The zero-order valence-electron chi connectivity index (χ0n) is 10.2. The van der Waals surface area contributed by atoms with Gasteiger partial charge < -0.3 is 11.1 Å². The van der Waals surface area contributed by atoms with E-state index in [-0.39, 0.29) is 0 Å². The molecule has 0 amide bonds. The van der Waals surface area contributed by atoms with E-state index in [1.54, 1.807) is 12.4 Å². The van der Waals surface area contributed by atoms with E-state index in [0.717, 1.165) is 34.8 Å². The van der Waals surface area contributed by atoms with Crippen LogP contribution in [0, 0.1) is 0 Å². The molecule has 0 unspecified atom stereocenters. The van der Waals surface area contributed by atoms with Gasteiger partial charge in [0.15, 0.2) is 0 Å². The molecule has 18 heavy (non-hydrogen) atoms. The summed E-state index contributed by atoms with van der Waals surface area (Å²) in [5, 5.41) is 4.45. The average molecular weight is 280 g/mol. The molecule has 2 aromatic heterocycles. The Morgan fingerprint density at radius 3 is 2.89 bits per heavy atom. The van der Waals surface area contributed by atoms with Gasteiger partial charge in [0.2, 0.25) is 0 Å². The molecule has 0 fully saturated rings. The van der Waals surface area contributed by atoms with Crippen LogP contribution in [0.15, 0.2) is 24.5 Å². The lowest BCUT2D eigenvalue weighted by Crippen LogP contribution is -2.02. The SMILES string of the molecule is CSCCCNc1snc(N)c1-c1ccncc1. The van der Waals surface area contributed by atoms with E-state index < -0.39 is 0 Å². The first-order chi connectivity index (χ1) is 8.83. The molecule has 0 aromatic carbocycles. The number of hydrogen-bond acceptors (Lipinski definition) is 6. The van der Waals surface area contributed by atoms with Crippen LogP contribution in [0.5, 0.6) is 0 Å². The molecule has 0 saturated heterocycles. The number of nitrogens with one attached hydrogen (secondary N) is 1. The molecule has 2 rings (SSSR count). The van der Waals surface area contributed by atoms with E-state index in [2.05, 4.69) is 20.9 Å². The van der Waals surface area contributed by atoms with Crippen molar-refractivity contribution in [2.24, 2.45) is 0 Å². The van der Waals surface area contributed by atoms with E-state index in [9.17, 15) is 0 Å². The van der Waals surface area contributed by atoms with E-state index in [4.69, 9.17) is 5.73 Å². The average Bonchev–Trinajstić information content (AvgIpc) is 2.77. The fourth-order valence-corrected chi connectivity index (χ4v) is 2.83. The predicted octanol–water partition coefficient (Wildman–Crippen LogP) is 2.95. The molecular formula is C12H16N4S2. The van der Waals surface area contributed by atoms with Gasteiger partial charge in [-0.05, 0) is 47.7 Å². The normalized spacial score (nSPS) is 10.5. The van der Waals surface area contributed by atoms with Gasteiger partial charge in [-0.2, -0.15) is 16.1 Å². The molecule has 0 radical (unpaired) electrons. The molecule has 4 nitrogen and oxygen atoms in total. The summed E-state index contributed by atoms with van der Waals surface area (Å²) in [6, 6.07) is 3.90. The molecule has 6 heteroatoms. The lowest BCUT2D eigenvalue weighted by Gasteiger charge is -2.06. The topological polar surface area (TPSA) is 63.8 Å². The van der Waals surface area contributed by atoms with Crippen molar-refractivity contribution in [1.82, 2.24) is 9.36 Å². The van der Waals surface area contributed by atoms with Crippen LogP contribution in [0.1, 0.15) is 6.42 Å². The lowest BCUT2D eigenvalue weighted by atomic mass is 10.1. The maximum atomic E-state index is 5.94. The summed E-state index contributed by atoms with van der Waals surface area (Å²) in [4.78, 5) is 4.02. The van der Waals surface area contributed by atoms with E-state index >= 15 is 0 Å². The van der Waals surface area contributed by atoms with Crippen LogP contribution in [0.25, 0.3) is 11.1 Å². The number of aromatic nitrogens is 2. The number of rotatable bonds is 6. The molecular weight excluding hydrogens is 264 g/mol. The highest BCUT2D eigenvalue weighted by atomic mass is 32.2. The van der Waals surface area contributed by atoms with Crippen molar-refractivity contribution in [1.29, 1.82) is 0 Å². The summed E-state index contributed by atoms with van der Waals surface area (Å²) in [7, 11) is 0. The third kappa shape index (κ3) is 3.14. The van der Waals surface area contributed by atoms with Crippen LogP contribution in [0.3, 0.4) is 0 Å². The molecule has 96 valence electrons. The van der Waals surface area contributed by atoms with Crippen LogP contribution in [0.2, 0.25) is 0 Å². The predicted molar refractivity (Wildman–Crippen MR) is 81.2 cm³/mol. The van der Waals surface area contributed by atoms with Crippen molar-refractivity contribution in [3.05, 3.63) is 24.5 Å². The van der Waals surface area contributed by atoms with Crippen molar-refractivity contribution in [2.75, 3.05) is 29.6 Å². The van der Waals surface area contributed by atoms with Gasteiger partial charge in [-0.3, -0.25) is 4.98 Å². The van der Waals surface area contributed by atoms with E-state index in [0.29, 0.717) is 5.82 Å². The first kappa shape index (κ1) is 13.2. The Kier molecular flexibility index (Phi) is 4.83. The fraction of sp³-hybridized carbons (Fsp3) is 0.333. The second kappa shape index (κ2) is 6.61. The zero-order chi connectivity index (χ0) is 12.8. The number of hydrogen-bond donors (Lipinski definition) is 2. The molecule has 2 heterocycles. The maximum absolute atomic E-state index is 5.94. The van der Waals surface area contributed by atoms with Gasteiger partial charge in [0.1, 0.15) is 10.8 Å². The first-order valence-electron chi connectivity index (χ1n) is 5.71. The number of nitrogen functional groups attached to an aromatic ring is 1. The Morgan fingerprint density at radius 2 is 2.17 bits per heavy atom. The summed E-state index contributed by atoms with van der Waals surface area (Å²) in [5.74, 6) is 1.74. The molecule has 0 spiro atoms. The molecule has 0 aliphatic carbocycles. The lowest BCUT2D eigenvalue weighted by molar-refractivity contribution is 0.998. The minimum Gasteiger partial charge on any atom is -0.382 e. The molecule has 0 saturated carbocycles. The smallest absolute Gasteiger partial charge is 0.147 e. The van der Waals surface area contributed by atoms with Crippen molar-refractivity contribution < 1.29 is 0 Å². The highest BCUT2D eigenvalue weighted by Crippen LogP contribution is 2.36. The molecule has 2 aromatic rings. The van der Waals surface area contributed by atoms with Crippen molar-refractivity contribution in [3.63, 3.8) is 0 Å². The molecule has 0 aliphatic heterocycles. The van der Waals surface area contributed by atoms with Crippen LogP contribution >= 0.6 is 23.3 Å². The largest absolute Gasteiger partial charge is 0.382 e. The molecule has 0 aliphatic rings. The molecule has 0 bridgehead atoms. The fourth-order valence-electron chi connectivity index (χ4n) is 1.64. The number of nitrogens with two attached hydrogens (primary N) is 1. The molecule has 0 atom stereocenters. The monoisotopic (exact) mass is 280 g/mol. The van der Waals surface area contributed by atoms with Gasteiger partial charge in [-0.15, -0.1) is 0 Å². The quantitative estimate of drug-likeness (QED) is 0.797. The number of nitrogens with zero attached hydrogens (tertiary/aromatic N) is 2. The van der Waals surface area contributed by atoms with Crippen LogP contribution in [-0.2, 0) is 0 Å². The Balaban J connectivity index is 2.12. The summed E-state index contributed by atoms with van der Waals surface area (Å²) < 4.78 is 4.22. The number of thioether (sulfide) groups is 1. The first-order valence-corrected chi connectivity index (χ1v) is 7.88. The van der Waals surface area contributed by atoms with Gasteiger partial charge in [0.25, 0.3) is 0 Å². The summed E-state index contributed by atoms with van der Waals surface area (Å²) in [6.07, 6.45) is 6.79. The van der Waals surface area contributed by atoms with Crippen molar-refractivity contribution >= 4 is 34.1 Å². The van der Waals surface area contributed by atoms with Gasteiger partial charge in [-0.1, -0.05) is 0 Å². The summed E-state index contributed by atoms with van der Waals surface area (Å²) in [6.45, 7) is 0.945. The molecule has 3 N–H and O–H groups in total. The Labute approximate surface area is 115 Å². The van der Waals surface area contributed by atoms with Gasteiger partial charge in [0.05, 0.1) is 5.56 Å². The van der Waals surface area contributed by atoms with Crippen molar-refractivity contribution in [2.45, 2.75) is 6.42 Å². The van der Waals surface area contributed by atoms with Gasteiger partial charge in [0, 0.05) is 18.9 Å². The highest BCUT2D eigenvalue weighted by molar-refractivity contribution is 7.98. The van der Waals surface area contributed by atoms with Crippen LogP contribution < -0.4 is 11.1 Å². The van der Waals surface area contributed by atoms with E-state index in [1.165, 1.54) is 11.5 Å². The highest BCUT2D eigenvalue weighted by Gasteiger charge is 2.12.